The van der Waals surface area contributed by atoms with E-state index in [0.29, 0.717) is 0 Å². The number of hydrogen-bond acceptors (Lipinski definition) is 5. The molecule has 0 atom stereocenters. The fourth-order valence-corrected chi connectivity index (χ4v) is 3.58. The zero-order valence-corrected chi connectivity index (χ0v) is 19.1. The molecule has 36 heavy (non-hydrogen) atoms. The lowest BCUT2D eigenvalue weighted by molar-refractivity contribution is -0.193. The summed E-state index contributed by atoms with van der Waals surface area (Å²) in [5, 5.41) is 14.2. The van der Waals surface area contributed by atoms with Gasteiger partial charge in [0.2, 0.25) is 0 Å². The van der Waals surface area contributed by atoms with E-state index in [1.165, 1.54) is 43.0 Å². The Kier molecular flexibility index (Phi) is 10.3. The molecule has 1 aromatic heterocycles. The summed E-state index contributed by atoms with van der Waals surface area (Å²) in [5.74, 6) is -4.28. The van der Waals surface area contributed by atoms with Crippen LogP contribution in [0.2, 0.25) is 0 Å². The largest absolute Gasteiger partial charge is 0.490 e. The second-order valence-corrected chi connectivity index (χ2v) is 8.13. The Morgan fingerprint density at radius 1 is 0.806 bits per heavy atom. The van der Waals surface area contributed by atoms with Crippen LogP contribution in [0.4, 0.5) is 26.3 Å². The number of halogens is 6. The monoisotopic (exact) mass is 524 g/mol. The lowest BCUT2D eigenvalue weighted by Gasteiger charge is -2.27. The molecular formula is C22H26F6N4O4. The molecule has 0 unspecified atom stereocenters. The molecule has 1 saturated heterocycles. The highest BCUT2D eigenvalue weighted by molar-refractivity contribution is 5.73. The van der Waals surface area contributed by atoms with Crippen LogP contribution < -0.4 is 0 Å². The van der Waals surface area contributed by atoms with Crippen molar-refractivity contribution < 1.29 is 46.1 Å². The smallest absolute Gasteiger partial charge is 0.475 e. The Balaban J connectivity index is 0.000000271. The Morgan fingerprint density at radius 3 is 1.83 bits per heavy atom. The van der Waals surface area contributed by atoms with Gasteiger partial charge in [-0.15, -0.1) is 0 Å². The minimum absolute atomic E-state index is 0.967. The van der Waals surface area contributed by atoms with Crippen molar-refractivity contribution in [1.29, 1.82) is 0 Å². The van der Waals surface area contributed by atoms with Crippen LogP contribution in [0.3, 0.4) is 0 Å². The van der Waals surface area contributed by atoms with Crippen LogP contribution in [0.25, 0.3) is 0 Å². The van der Waals surface area contributed by atoms with Crippen LogP contribution in [0.1, 0.15) is 29.9 Å². The van der Waals surface area contributed by atoms with Crippen molar-refractivity contribution in [3.8, 4) is 0 Å². The van der Waals surface area contributed by atoms with Crippen molar-refractivity contribution in [2.45, 2.75) is 51.4 Å². The second-order valence-electron chi connectivity index (χ2n) is 8.13. The molecule has 1 fully saturated rings. The Morgan fingerprint density at radius 2 is 1.33 bits per heavy atom. The van der Waals surface area contributed by atoms with Gasteiger partial charge in [-0.3, -0.25) is 9.80 Å². The predicted octanol–water partition coefficient (Wildman–Crippen LogP) is 3.76. The van der Waals surface area contributed by atoms with E-state index in [2.05, 4.69) is 50.9 Å². The number of carboxylic acid groups (broad SMARTS) is 2. The minimum Gasteiger partial charge on any atom is -0.475 e. The summed E-state index contributed by atoms with van der Waals surface area (Å²) in [6.07, 6.45) is -5.20. The summed E-state index contributed by atoms with van der Waals surface area (Å²) in [7, 11) is 0. The number of hydrogen-bond donors (Lipinski definition) is 2. The van der Waals surface area contributed by atoms with Crippen LogP contribution >= 0.6 is 0 Å². The first-order valence-electron chi connectivity index (χ1n) is 10.9. The number of imidazole rings is 1. The number of nitrogens with zero attached hydrogens (tertiary/aromatic N) is 4. The average molecular weight is 524 g/mol. The summed E-state index contributed by atoms with van der Waals surface area (Å²) < 4.78 is 65.8. The number of likely N-dealkylation sites (tertiary alicyclic amines) is 1. The van der Waals surface area contributed by atoms with Crippen molar-refractivity contribution in [1.82, 2.24) is 19.4 Å². The molecule has 2 aromatic rings. The van der Waals surface area contributed by atoms with E-state index in [9.17, 15) is 26.3 Å². The van der Waals surface area contributed by atoms with Crippen molar-refractivity contribution in [3.05, 3.63) is 53.6 Å². The van der Waals surface area contributed by atoms with Gasteiger partial charge in [0.1, 0.15) is 5.82 Å². The van der Waals surface area contributed by atoms with E-state index < -0.39 is 24.3 Å². The van der Waals surface area contributed by atoms with Crippen LogP contribution in [-0.2, 0) is 35.8 Å². The minimum atomic E-state index is -5.08. The maximum Gasteiger partial charge on any atom is 0.490 e. The fraction of sp³-hybridized carbons (Fsp3) is 0.500. The van der Waals surface area contributed by atoms with Gasteiger partial charge < -0.3 is 14.8 Å². The molecule has 2 aliphatic rings. The van der Waals surface area contributed by atoms with Gasteiger partial charge in [0, 0.05) is 32.4 Å². The first-order valence-corrected chi connectivity index (χ1v) is 10.9. The SMILES string of the molecule is O=C(O)C(F)(F)F.O=C(O)C(F)(F)F.c1ccc(CN2CCn3cc(CN4CCCC4)nc3C2)cc1. The van der Waals surface area contributed by atoms with E-state index in [1.54, 1.807) is 0 Å². The van der Waals surface area contributed by atoms with Gasteiger partial charge in [-0.25, -0.2) is 14.6 Å². The first-order chi connectivity index (χ1) is 16.8. The molecule has 0 bridgehead atoms. The summed E-state index contributed by atoms with van der Waals surface area (Å²) in [6.45, 7) is 7.67. The summed E-state index contributed by atoms with van der Waals surface area (Å²) >= 11 is 0. The van der Waals surface area contributed by atoms with Crippen LogP contribution in [0, 0.1) is 0 Å². The lowest BCUT2D eigenvalue weighted by atomic mass is 10.2. The standard InChI is InChI=1S/C18H24N4.2C2HF3O2/c1-2-6-16(7-3-1)12-21-10-11-22-14-17(19-18(22)15-21)13-20-8-4-5-9-20;2*3-2(4,5)1(6)7/h1-3,6-7,14H,4-5,8-13,15H2;2*(H,6,7). The second kappa shape index (κ2) is 12.7. The highest BCUT2D eigenvalue weighted by atomic mass is 19.4. The fourth-order valence-electron chi connectivity index (χ4n) is 3.58. The van der Waals surface area contributed by atoms with E-state index in [4.69, 9.17) is 24.8 Å². The van der Waals surface area contributed by atoms with Crippen molar-refractivity contribution in [2.24, 2.45) is 0 Å². The zero-order chi connectivity index (χ0) is 26.9. The van der Waals surface area contributed by atoms with Gasteiger partial charge in [0.05, 0.1) is 12.2 Å². The molecule has 1 aromatic carbocycles. The van der Waals surface area contributed by atoms with Crippen molar-refractivity contribution in [3.63, 3.8) is 0 Å². The number of aromatic nitrogens is 2. The van der Waals surface area contributed by atoms with Crippen LogP contribution in [0.15, 0.2) is 36.5 Å². The number of fused-ring (bicyclic) bond motifs is 1. The van der Waals surface area contributed by atoms with Gasteiger partial charge in [-0.1, -0.05) is 30.3 Å². The van der Waals surface area contributed by atoms with Gasteiger partial charge in [0.15, 0.2) is 0 Å². The third kappa shape index (κ3) is 9.85. The normalized spacial score (nSPS) is 16.3. The van der Waals surface area contributed by atoms with Crippen molar-refractivity contribution in [2.75, 3.05) is 19.6 Å². The molecule has 8 nitrogen and oxygen atoms in total. The molecule has 0 aliphatic carbocycles. The molecule has 2 N–H and O–H groups in total. The predicted molar refractivity (Wildman–Crippen MR) is 115 cm³/mol. The van der Waals surface area contributed by atoms with E-state index >= 15 is 0 Å². The van der Waals surface area contributed by atoms with E-state index in [-0.39, 0.29) is 0 Å². The number of rotatable bonds is 4. The third-order valence-corrected chi connectivity index (χ3v) is 5.25. The number of benzene rings is 1. The molecule has 0 saturated carbocycles. The van der Waals surface area contributed by atoms with Crippen LogP contribution in [-0.4, -0.2) is 73.5 Å². The molecule has 3 heterocycles. The zero-order valence-electron chi connectivity index (χ0n) is 19.1. The van der Waals surface area contributed by atoms with Gasteiger partial charge in [-0.2, -0.15) is 26.3 Å². The van der Waals surface area contributed by atoms with E-state index in [0.717, 1.165) is 32.7 Å². The average Bonchev–Trinajstić information content (AvgIpc) is 3.43. The number of carbonyl (C=O) groups is 2. The Labute approximate surface area is 202 Å². The molecular weight excluding hydrogens is 498 g/mol. The molecule has 0 radical (unpaired) electrons. The topological polar surface area (TPSA) is 98.9 Å². The molecule has 0 spiro atoms. The van der Waals surface area contributed by atoms with Gasteiger partial charge >= 0.3 is 24.3 Å². The first kappa shape index (κ1) is 29.1. The maximum atomic E-state index is 10.6. The van der Waals surface area contributed by atoms with Crippen LogP contribution in [0.5, 0.6) is 0 Å². The molecule has 14 heteroatoms. The molecule has 4 rings (SSSR count). The maximum absolute atomic E-state index is 10.6. The molecule has 200 valence electrons. The summed E-state index contributed by atoms with van der Waals surface area (Å²) in [4.78, 5) is 27.7. The number of aliphatic carboxylic acids is 2. The highest BCUT2D eigenvalue weighted by Crippen LogP contribution is 2.18. The third-order valence-electron chi connectivity index (χ3n) is 5.25. The lowest BCUT2D eigenvalue weighted by Crippen LogP contribution is -2.33. The molecule has 0 amide bonds. The van der Waals surface area contributed by atoms with E-state index in [1.807, 2.05) is 0 Å². The Bertz CT molecular complexity index is 965. The van der Waals surface area contributed by atoms with Crippen molar-refractivity contribution >= 4 is 11.9 Å². The highest BCUT2D eigenvalue weighted by Gasteiger charge is 2.38. The molecule has 2 aliphatic heterocycles. The Hall–Kier alpha value is -3.13. The number of alkyl halides is 6. The quantitative estimate of drug-likeness (QED) is 0.588. The number of carboxylic acids is 2. The summed E-state index contributed by atoms with van der Waals surface area (Å²) in [5.41, 5.74) is 2.64. The van der Waals surface area contributed by atoms with Gasteiger partial charge in [0.25, 0.3) is 0 Å². The summed E-state index contributed by atoms with van der Waals surface area (Å²) in [6, 6.07) is 10.7. The van der Waals surface area contributed by atoms with Gasteiger partial charge in [-0.05, 0) is 31.5 Å².